The molecule has 4 rings (SSSR count). The lowest BCUT2D eigenvalue weighted by Gasteiger charge is -2.34. The minimum Gasteiger partial charge on any atom is -0.337 e. The monoisotopic (exact) mass is 414 g/mol. The second-order valence-corrected chi connectivity index (χ2v) is 10.6. The first-order chi connectivity index (χ1) is 13.7. The highest BCUT2D eigenvalue weighted by atomic mass is 32.2. The molecule has 1 saturated heterocycles. The molecule has 154 valence electrons. The number of amides is 1. The van der Waals surface area contributed by atoms with Gasteiger partial charge in [0, 0.05) is 31.8 Å². The van der Waals surface area contributed by atoms with Crippen LogP contribution in [0.1, 0.15) is 33.8 Å². The van der Waals surface area contributed by atoms with Gasteiger partial charge >= 0.3 is 0 Å². The van der Waals surface area contributed by atoms with Crippen LogP contribution in [-0.4, -0.2) is 58.9 Å². The van der Waals surface area contributed by atoms with E-state index in [1.807, 2.05) is 17.0 Å². The number of nitrogens with zero attached hydrogens (tertiary/aromatic N) is 2. The van der Waals surface area contributed by atoms with Gasteiger partial charge in [0.2, 0.25) is 10.0 Å². The highest BCUT2D eigenvalue weighted by Gasteiger charge is 2.45. The number of aryl methyl sites for hydroxylation is 1. The molecular formula is C22H28N3O3S+. The summed E-state index contributed by atoms with van der Waals surface area (Å²) >= 11 is 0. The molecule has 0 spiro atoms. The van der Waals surface area contributed by atoms with E-state index in [4.69, 9.17) is 0 Å². The number of piperidine rings is 1. The zero-order chi connectivity index (χ0) is 20.9. The maximum Gasteiger partial charge on any atom is 0.258 e. The second-order valence-electron chi connectivity index (χ2n) is 8.43. The third-order valence-electron chi connectivity index (χ3n) is 6.15. The van der Waals surface area contributed by atoms with Crippen LogP contribution in [0.15, 0.2) is 47.4 Å². The molecule has 6 nitrogen and oxygen atoms in total. The molecule has 1 unspecified atom stereocenters. The molecular weight excluding hydrogens is 386 g/mol. The van der Waals surface area contributed by atoms with E-state index in [-0.39, 0.29) is 16.8 Å². The molecule has 3 atom stereocenters. The molecule has 0 saturated carbocycles. The number of hydrogen-bond acceptors (Lipinski definition) is 3. The summed E-state index contributed by atoms with van der Waals surface area (Å²) < 4.78 is 26.2. The van der Waals surface area contributed by atoms with Gasteiger partial charge in [0.1, 0.15) is 0 Å². The summed E-state index contributed by atoms with van der Waals surface area (Å²) in [6, 6.07) is 12.8. The summed E-state index contributed by atoms with van der Waals surface area (Å²) in [5, 5.41) is 0. The van der Waals surface area contributed by atoms with E-state index >= 15 is 0 Å². The van der Waals surface area contributed by atoms with Crippen LogP contribution in [0.25, 0.3) is 0 Å². The fraction of sp³-hybridized carbons (Fsp3) is 0.409. The molecule has 0 aromatic heterocycles. The lowest BCUT2D eigenvalue weighted by atomic mass is 9.88. The Kier molecular flexibility index (Phi) is 5.01. The van der Waals surface area contributed by atoms with Gasteiger partial charge in [-0.3, -0.25) is 4.79 Å². The van der Waals surface area contributed by atoms with Crippen LogP contribution in [0.2, 0.25) is 0 Å². The van der Waals surface area contributed by atoms with Crippen molar-refractivity contribution in [1.82, 2.24) is 4.31 Å². The van der Waals surface area contributed by atoms with Gasteiger partial charge in [0.05, 0.1) is 37.0 Å². The third kappa shape index (κ3) is 3.37. The number of fused-ring (bicyclic) bond motifs is 3. The Hall–Kier alpha value is -2.22. The molecule has 1 N–H and O–H groups in total. The van der Waals surface area contributed by atoms with Gasteiger partial charge in [-0.15, -0.1) is 0 Å². The Morgan fingerprint density at radius 1 is 1.17 bits per heavy atom. The van der Waals surface area contributed by atoms with Crippen molar-refractivity contribution in [2.45, 2.75) is 30.2 Å². The van der Waals surface area contributed by atoms with Crippen molar-refractivity contribution in [1.29, 1.82) is 0 Å². The number of rotatable bonds is 3. The summed E-state index contributed by atoms with van der Waals surface area (Å²) in [7, 11) is 1.59. The summed E-state index contributed by atoms with van der Waals surface area (Å²) in [5.74, 6) is 0.189. The van der Waals surface area contributed by atoms with E-state index in [1.165, 1.54) is 46.6 Å². The largest absolute Gasteiger partial charge is 0.337 e. The summed E-state index contributed by atoms with van der Waals surface area (Å²) in [6.45, 7) is 4.10. The quantitative estimate of drug-likeness (QED) is 0.823. The number of likely N-dealkylation sites (tertiary alicyclic amines) is 1. The maximum absolute atomic E-state index is 13.6. The fourth-order valence-corrected chi connectivity index (χ4v) is 5.55. The molecule has 7 heteroatoms. The molecule has 0 bridgehead atoms. The summed E-state index contributed by atoms with van der Waals surface area (Å²) in [4.78, 5) is 17.1. The standard InChI is InChI=1S/C22H27N3O3S/c1-15-8-9-20-18(12-15)19-14-24(4)11-10-21(19)25(20)22(26)16-6-5-7-17(13-16)29(27,28)23(2)3/h5-9,12-13,19,21H,10-11,14H2,1-4H3/p+1/t19-,21-/m0/s1. The van der Waals surface area contributed by atoms with Crippen LogP contribution in [0.4, 0.5) is 5.69 Å². The van der Waals surface area contributed by atoms with Crippen LogP contribution in [0, 0.1) is 6.92 Å². The normalized spacial score (nSPS) is 23.8. The molecule has 2 heterocycles. The number of nitrogens with one attached hydrogen (secondary N) is 1. The molecule has 0 radical (unpaired) electrons. The van der Waals surface area contributed by atoms with Gasteiger partial charge in [-0.1, -0.05) is 23.8 Å². The van der Waals surface area contributed by atoms with Crippen LogP contribution < -0.4 is 9.80 Å². The molecule has 29 heavy (non-hydrogen) atoms. The lowest BCUT2D eigenvalue weighted by Crippen LogP contribution is -3.11. The van der Waals surface area contributed by atoms with Crippen molar-refractivity contribution >= 4 is 21.6 Å². The van der Waals surface area contributed by atoms with Gasteiger partial charge in [-0.05, 0) is 36.8 Å². The van der Waals surface area contributed by atoms with Crippen molar-refractivity contribution in [3.8, 4) is 0 Å². The zero-order valence-electron chi connectivity index (χ0n) is 17.3. The van der Waals surface area contributed by atoms with E-state index in [2.05, 4.69) is 20.0 Å². The molecule has 1 fully saturated rings. The molecule has 2 aliphatic rings. The first-order valence-corrected chi connectivity index (χ1v) is 11.4. The van der Waals surface area contributed by atoms with Crippen molar-refractivity contribution in [2.24, 2.45) is 0 Å². The number of sulfonamides is 1. The van der Waals surface area contributed by atoms with E-state index in [9.17, 15) is 13.2 Å². The van der Waals surface area contributed by atoms with Crippen LogP contribution in [-0.2, 0) is 10.0 Å². The van der Waals surface area contributed by atoms with Gasteiger partial charge in [0.15, 0.2) is 0 Å². The maximum atomic E-state index is 13.6. The SMILES string of the molecule is Cc1ccc2c(c1)[C@@H]1C[NH+](C)CC[C@@H]1N2C(=O)c1cccc(S(=O)(=O)N(C)C)c1. The number of anilines is 1. The van der Waals surface area contributed by atoms with Crippen molar-refractivity contribution in [3.05, 3.63) is 59.2 Å². The minimum absolute atomic E-state index is 0.122. The van der Waals surface area contributed by atoms with E-state index < -0.39 is 10.0 Å². The number of likely N-dealkylation sites (N-methyl/N-ethyl adjacent to an activating group) is 1. The van der Waals surface area contributed by atoms with Crippen molar-refractivity contribution in [3.63, 3.8) is 0 Å². The Morgan fingerprint density at radius 2 is 1.93 bits per heavy atom. The van der Waals surface area contributed by atoms with E-state index in [0.717, 1.165) is 25.2 Å². The fourth-order valence-electron chi connectivity index (χ4n) is 4.60. The first-order valence-electron chi connectivity index (χ1n) is 9.98. The number of hydrogen-bond donors (Lipinski definition) is 1. The van der Waals surface area contributed by atoms with Gasteiger partial charge in [0.25, 0.3) is 5.91 Å². The molecule has 2 aromatic rings. The summed E-state index contributed by atoms with van der Waals surface area (Å²) in [5.41, 5.74) is 3.80. The topological polar surface area (TPSA) is 62.1 Å². The predicted molar refractivity (Wildman–Crippen MR) is 113 cm³/mol. The minimum atomic E-state index is -3.59. The predicted octanol–water partition coefficient (Wildman–Crippen LogP) is 1.28. The molecule has 2 aliphatic heterocycles. The Morgan fingerprint density at radius 3 is 2.66 bits per heavy atom. The van der Waals surface area contributed by atoms with E-state index in [1.54, 1.807) is 12.1 Å². The van der Waals surface area contributed by atoms with Crippen LogP contribution >= 0.6 is 0 Å². The Labute approximate surface area is 172 Å². The zero-order valence-corrected chi connectivity index (χ0v) is 18.2. The summed E-state index contributed by atoms with van der Waals surface area (Å²) in [6.07, 6.45) is 0.936. The lowest BCUT2D eigenvalue weighted by molar-refractivity contribution is -0.886. The van der Waals surface area contributed by atoms with Crippen LogP contribution in [0.3, 0.4) is 0 Å². The average Bonchev–Trinajstić information content (AvgIpc) is 3.00. The molecule has 2 aromatic carbocycles. The van der Waals surface area contributed by atoms with Gasteiger partial charge in [-0.2, -0.15) is 0 Å². The smallest absolute Gasteiger partial charge is 0.258 e. The van der Waals surface area contributed by atoms with Crippen molar-refractivity contribution < 1.29 is 18.1 Å². The Balaban J connectivity index is 1.76. The number of quaternary nitrogens is 1. The number of carbonyl (C=O) groups excluding carboxylic acids is 1. The highest BCUT2D eigenvalue weighted by molar-refractivity contribution is 7.89. The Bertz CT molecular complexity index is 1060. The van der Waals surface area contributed by atoms with Gasteiger partial charge in [-0.25, -0.2) is 12.7 Å². The highest BCUT2D eigenvalue weighted by Crippen LogP contribution is 2.43. The molecule has 1 amide bonds. The number of carbonyl (C=O) groups is 1. The second kappa shape index (κ2) is 7.23. The third-order valence-corrected chi connectivity index (χ3v) is 7.96. The van der Waals surface area contributed by atoms with Gasteiger partial charge < -0.3 is 9.80 Å². The van der Waals surface area contributed by atoms with Crippen LogP contribution in [0.5, 0.6) is 0 Å². The molecule has 0 aliphatic carbocycles. The number of benzene rings is 2. The van der Waals surface area contributed by atoms with Crippen molar-refractivity contribution in [2.75, 3.05) is 39.1 Å². The first kappa shape index (κ1) is 20.1. The average molecular weight is 415 g/mol. The van der Waals surface area contributed by atoms with E-state index in [0.29, 0.717) is 11.5 Å².